The van der Waals surface area contributed by atoms with Crippen LogP contribution in [0.5, 0.6) is 5.75 Å². The molecule has 5 nitrogen and oxygen atoms in total. The van der Waals surface area contributed by atoms with Gasteiger partial charge >= 0.3 is 5.97 Å². The molecule has 4 atom stereocenters. The number of carboxylic acid groups (broad SMARTS) is 1. The van der Waals surface area contributed by atoms with Crippen molar-refractivity contribution < 1.29 is 19.4 Å². The molecule has 0 unspecified atom stereocenters. The number of unbranched alkanes of at least 4 members (excludes halogenated alkanes) is 1. The van der Waals surface area contributed by atoms with Gasteiger partial charge in [0.25, 0.3) is 5.91 Å². The monoisotopic (exact) mass is 455 g/mol. The number of hydrogen-bond acceptors (Lipinski definition) is 4. The number of allylic oxidation sites excluding steroid dienone is 2. The Balaban J connectivity index is 1.47. The van der Waals surface area contributed by atoms with Gasteiger partial charge in [0, 0.05) is 27.9 Å². The van der Waals surface area contributed by atoms with Crippen molar-refractivity contribution in [1.29, 1.82) is 0 Å². The normalized spacial score (nSPS) is 26.1. The molecule has 3 fully saturated rings. The van der Waals surface area contributed by atoms with Crippen molar-refractivity contribution in [2.75, 3.05) is 7.11 Å². The van der Waals surface area contributed by atoms with Gasteiger partial charge in [-0.3, -0.25) is 9.59 Å². The van der Waals surface area contributed by atoms with Gasteiger partial charge in [-0.1, -0.05) is 26.0 Å². The molecule has 2 aromatic rings. The van der Waals surface area contributed by atoms with Crippen molar-refractivity contribution in [1.82, 2.24) is 5.32 Å². The van der Waals surface area contributed by atoms with Gasteiger partial charge in [0.2, 0.25) is 0 Å². The van der Waals surface area contributed by atoms with Crippen LogP contribution in [0.3, 0.4) is 0 Å². The highest BCUT2D eigenvalue weighted by molar-refractivity contribution is 7.17. The maximum Gasteiger partial charge on any atom is 0.303 e. The van der Waals surface area contributed by atoms with Crippen molar-refractivity contribution in [3.63, 3.8) is 0 Å². The SMILES string of the molecule is COc1ccc2scc(C(=O)N[C@H]3[C@H](C/C=C\CCCC(=O)O)C[C@H]4C[C@@H]3C4(C)C)c2c1. The molecule has 3 aliphatic carbocycles. The number of hydrogen-bond donors (Lipinski definition) is 2. The van der Waals surface area contributed by atoms with E-state index in [1.807, 2.05) is 23.6 Å². The number of carbonyl (C=O) groups excluding carboxylic acids is 1. The van der Waals surface area contributed by atoms with Crippen LogP contribution in [0.2, 0.25) is 0 Å². The molecule has 0 saturated heterocycles. The van der Waals surface area contributed by atoms with Gasteiger partial charge in [-0.2, -0.15) is 0 Å². The van der Waals surface area contributed by atoms with Gasteiger partial charge in [0.15, 0.2) is 0 Å². The molecule has 3 saturated carbocycles. The van der Waals surface area contributed by atoms with Crippen molar-refractivity contribution >= 4 is 33.3 Å². The van der Waals surface area contributed by atoms with E-state index in [2.05, 4.69) is 31.3 Å². The lowest BCUT2D eigenvalue weighted by atomic mass is 9.44. The van der Waals surface area contributed by atoms with E-state index in [9.17, 15) is 9.59 Å². The Morgan fingerprint density at radius 3 is 2.81 bits per heavy atom. The molecule has 1 heterocycles. The number of amides is 1. The lowest BCUT2D eigenvalue weighted by Crippen LogP contribution is -2.63. The minimum absolute atomic E-state index is 0.00564. The summed E-state index contributed by atoms with van der Waals surface area (Å²) < 4.78 is 6.45. The highest BCUT2D eigenvalue weighted by atomic mass is 32.1. The van der Waals surface area contributed by atoms with E-state index in [1.165, 1.54) is 6.42 Å². The minimum atomic E-state index is -0.741. The molecule has 32 heavy (non-hydrogen) atoms. The lowest BCUT2D eigenvalue weighted by Gasteiger charge is -2.62. The van der Waals surface area contributed by atoms with Gasteiger partial charge in [-0.25, -0.2) is 0 Å². The molecule has 2 N–H and O–H groups in total. The summed E-state index contributed by atoms with van der Waals surface area (Å²) in [6.07, 6.45) is 9.21. The maximum absolute atomic E-state index is 13.4. The summed E-state index contributed by atoms with van der Waals surface area (Å²) in [5, 5.41) is 15.1. The fourth-order valence-electron chi connectivity index (χ4n) is 5.67. The first-order valence-corrected chi connectivity index (χ1v) is 12.4. The predicted molar refractivity (Wildman–Crippen MR) is 128 cm³/mol. The summed E-state index contributed by atoms with van der Waals surface area (Å²) in [4.78, 5) is 24.0. The number of nitrogens with one attached hydrogen (secondary N) is 1. The van der Waals surface area contributed by atoms with Crippen LogP contribution in [0.4, 0.5) is 0 Å². The van der Waals surface area contributed by atoms with E-state index in [0.717, 1.165) is 46.6 Å². The molecule has 3 aliphatic rings. The molecule has 172 valence electrons. The summed E-state index contributed by atoms with van der Waals surface area (Å²) in [6.45, 7) is 4.68. The second kappa shape index (κ2) is 9.26. The average molecular weight is 456 g/mol. The van der Waals surface area contributed by atoms with E-state index < -0.39 is 5.97 Å². The highest BCUT2D eigenvalue weighted by Gasteiger charge is 2.57. The summed E-state index contributed by atoms with van der Waals surface area (Å²) in [5.74, 6) is 1.66. The first-order valence-electron chi connectivity index (χ1n) is 11.5. The van der Waals surface area contributed by atoms with Crippen LogP contribution in [0.25, 0.3) is 10.1 Å². The summed E-state index contributed by atoms with van der Waals surface area (Å²) in [6, 6.07) is 6.04. The number of thiophene rings is 1. The summed E-state index contributed by atoms with van der Waals surface area (Å²) in [7, 11) is 1.64. The van der Waals surface area contributed by atoms with Crippen LogP contribution >= 0.6 is 11.3 Å². The zero-order valence-corrected chi connectivity index (χ0v) is 19.9. The molecule has 0 aliphatic heterocycles. The highest BCUT2D eigenvalue weighted by Crippen LogP contribution is 2.61. The minimum Gasteiger partial charge on any atom is -0.497 e. The van der Waals surface area contributed by atoms with E-state index >= 15 is 0 Å². The van der Waals surface area contributed by atoms with E-state index in [1.54, 1.807) is 18.4 Å². The molecule has 0 spiro atoms. The topological polar surface area (TPSA) is 75.6 Å². The van der Waals surface area contributed by atoms with E-state index in [4.69, 9.17) is 9.84 Å². The number of benzene rings is 1. The second-order valence-corrected chi connectivity index (χ2v) is 10.8. The number of rotatable bonds is 9. The number of carboxylic acids is 1. The maximum atomic E-state index is 13.4. The van der Waals surface area contributed by atoms with Gasteiger partial charge in [0.05, 0.1) is 12.7 Å². The third-order valence-corrected chi connectivity index (χ3v) is 8.73. The quantitative estimate of drug-likeness (QED) is 0.365. The van der Waals surface area contributed by atoms with Gasteiger partial charge in [-0.05, 0) is 73.5 Å². The molecule has 0 radical (unpaired) electrons. The molecule has 2 bridgehead atoms. The van der Waals surface area contributed by atoms with Crippen molar-refractivity contribution in [3.8, 4) is 5.75 Å². The molecule has 5 rings (SSSR count). The van der Waals surface area contributed by atoms with Gasteiger partial charge < -0.3 is 15.2 Å². The summed E-state index contributed by atoms with van der Waals surface area (Å²) in [5.41, 5.74) is 0.991. The zero-order chi connectivity index (χ0) is 22.9. The van der Waals surface area contributed by atoms with Crippen LogP contribution < -0.4 is 10.1 Å². The van der Waals surface area contributed by atoms with Crippen LogP contribution in [0.15, 0.2) is 35.7 Å². The Hall–Kier alpha value is -2.34. The van der Waals surface area contributed by atoms with Crippen molar-refractivity contribution in [2.24, 2.45) is 23.2 Å². The number of carbonyl (C=O) groups is 2. The van der Waals surface area contributed by atoms with Crippen molar-refractivity contribution in [3.05, 3.63) is 41.3 Å². The molecular formula is C26H33NO4S. The third-order valence-electron chi connectivity index (χ3n) is 7.76. The van der Waals surface area contributed by atoms with Gasteiger partial charge in [0.1, 0.15) is 5.75 Å². The summed E-state index contributed by atoms with van der Waals surface area (Å²) >= 11 is 1.59. The first-order chi connectivity index (χ1) is 15.3. The molecule has 1 aromatic carbocycles. The Bertz CT molecular complexity index is 1020. The standard InChI is InChI=1S/C26H33NO4S/c1-26(2)17-12-16(8-6-4-5-7-9-23(28)29)24(21(26)13-17)27-25(30)20-15-32-22-11-10-18(31-3)14-19(20)22/h4,6,10-11,14-17,21,24H,5,7-9,12-13H2,1-3H3,(H,27,30)(H,28,29)/b6-4-/t16-,17+,21+,24+/m1/s1. The Morgan fingerprint density at radius 2 is 2.09 bits per heavy atom. The van der Waals surface area contributed by atoms with Crippen LogP contribution in [0, 0.1) is 23.2 Å². The van der Waals surface area contributed by atoms with Crippen LogP contribution in [-0.4, -0.2) is 30.1 Å². The predicted octanol–water partition coefficient (Wildman–Crippen LogP) is 5.89. The molecule has 1 amide bonds. The second-order valence-electron chi connectivity index (χ2n) is 9.86. The fraction of sp³-hybridized carbons (Fsp3) is 0.538. The smallest absolute Gasteiger partial charge is 0.303 e. The third kappa shape index (κ3) is 4.42. The number of aliphatic carboxylic acids is 1. The number of fused-ring (bicyclic) bond motifs is 3. The van der Waals surface area contributed by atoms with Gasteiger partial charge in [-0.15, -0.1) is 11.3 Å². The Labute approximate surface area is 193 Å². The number of methoxy groups -OCH3 is 1. The average Bonchev–Trinajstić information content (AvgIpc) is 3.19. The van der Waals surface area contributed by atoms with Crippen LogP contribution in [-0.2, 0) is 4.79 Å². The van der Waals surface area contributed by atoms with E-state index in [0.29, 0.717) is 18.3 Å². The first kappa shape index (κ1) is 22.8. The molecule has 6 heteroatoms. The molecular weight excluding hydrogens is 422 g/mol. The lowest BCUT2D eigenvalue weighted by molar-refractivity contribution is -0.137. The Kier molecular flexibility index (Phi) is 6.61. The number of ether oxygens (including phenoxy) is 1. The Morgan fingerprint density at radius 1 is 1.28 bits per heavy atom. The zero-order valence-electron chi connectivity index (χ0n) is 19.1. The largest absolute Gasteiger partial charge is 0.497 e. The van der Waals surface area contributed by atoms with Crippen molar-refractivity contribution in [2.45, 2.75) is 58.4 Å². The van der Waals surface area contributed by atoms with E-state index in [-0.39, 0.29) is 23.8 Å². The van der Waals surface area contributed by atoms with Crippen LogP contribution in [0.1, 0.15) is 62.7 Å². The fourth-order valence-corrected chi connectivity index (χ4v) is 6.59. The molecule has 1 aromatic heterocycles.